The van der Waals surface area contributed by atoms with Crippen LogP contribution in [0.1, 0.15) is 18.9 Å². The third-order valence-corrected chi connectivity index (χ3v) is 3.63. The van der Waals surface area contributed by atoms with Gasteiger partial charge in [-0.15, -0.1) is 0 Å². The molecule has 3 heteroatoms. The number of ether oxygens (including phenoxy) is 1. The van der Waals surface area contributed by atoms with Gasteiger partial charge >= 0.3 is 0 Å². The van der Waals surface area contributed by atoms with Crippen LogP contribution in [0.4, 0.5) is 0 Å². The van der Waals surface area contributed by atoms with Crippen LogP contribution in [0.2, 0.25) is 0 Å². The van der Waals surface area contributed by atoms with E-state index >= 15 is 0 Å². The van der Waals surface area contributed by atoms with Crippen LogP contribution in [0.5, 0.6) is 5.75 Å². The van der Waals surface area contributed by atoms with Crippen LogP contribution in [0, 0.1) is 0 Å². The van der Waals surface area contributed by atoms with Crippen molar-refractivity contribution < 1.29 is 4.74 Å². The Morgan fingerprint density at radius 3 is 2.89 bits per heavy atom. The molecule has 0 spiro atoms. The Bertz CT molecular complexity index is 423. The molecule has 19 heavy (non-hydrogen) atoms. The molecule has 1 aromatic carbocycles. The number of methoxy groups -OCH3 is 1. The number of hydrogen-bond donors (Lipinski definition) is 1. The van der Waals surface area contributed by atoms with Crippen molar-refractivity contribution in [3.63, 3.8) is 0 Å². The van der Waals surface area contributed by atoms with Crippen molar-refractivity contribution in [1.82, 2.24) is 10.2 Å². The molecule has 0 amide bonds. The lowest BCUT2D eigenvalue weighted by atomic mass is 10.1. The molecule has 1 heterocycles. The summed E-state index contributed by atoms with van der Waals surface area (Å²) in [5.41, 5.74) is 2.58. The molecule has 0 bridgehead atoms. The first-order valence-corrected chi connectivity index (χ1v) is 7.04. The third-order valence-electron chi connectivity index (χ3n) is 3.63. The number of piperazine rings is 1. The highest BCUT2D eigenvalue weighted by molar-refractivity contribution is 5.64. The van der Waals surface area contributed by atoms with E-state index in [4.69, 9.17) is 4.74 Å². The number of nitrogens with zero attached hydrogens (tertiary/aromatic N) is 1. The normalized spacial score (nSPS) is 17.5. The van der Waals surface area contributed by atoms with Crippen molar-refractivity contribution in [3.8, 4) is 5.75 Å². The summed E-state index contributed by atoms with van der Waals surface area (Å²) in [6.07, 6.45) is 3.44. The molecule has 2 rings (SSSR count). The molecule has 0 aromatic heterocycles. The number of rotatable bonds is 5. The van der Waals surface area contributed by atoms with Gasteiger partial charge in [-0.05, 0) is 36.6 Å². The number of benzene rings is 1. The van der Waals surface area contributed by atoms with Crippen molar-refractivity contribution in [2.45, 2.75) is 13.3 Å². The minimum atomic E-state index is 0.923. The predicted octanol–water partition coefficient (Wildman–Crippen LogP) is 2.39. The summed E-state index contributed by atoms with van der Waals surface area (Å²) in [6.45, 7) is 7.92. The maximum Gasteiger partial charge on any atom is 0.119 e. The first kappa shape index (κ1) is 14.1. The average Bonchev–Trinajstić information content (AvgIpc) is 2.48. The average molecular weight is 260 g/mol. The first-order chi connectivity index (χ1) is 9.29. The smallest absolute Gasteiger partial charge is 0.119 e. The molecule has 1 aromatic rings. The first-order valence-electron chi connectivity index (χ1n) is 7.04. The van der Waals surface area contributed by atoms with Crippen LogP contribution in [0.25, 0.3) is 5.57 Å². The second-order valence-electron chi connectivity index (χ2n) is 5.00. The van der Waals surface area contributed by atoms with Crippen LogP contribution in [0.3, 0.4) is 0 Å². The maximum atomic E-state index is 5.26. The zero-order valence-electron chi connectivity index (χ0n) is 12.0. The highest BCUT2D eigenvalue weighted by Crippen LogP contribution is 2.20. The third kappa shape index (κ3) is 4.37. The van der Waals surface area contributed by atoms with Crippen molar-refractivity contribution in [1.29, 1.82) is 0 Å². The lowest BCUT2D eigenvalue weighted by Crippen LogP contribution is -2.43. The quantitative estimate of drug-likeness (QED) is 0.880. The minimum absolute atomic E-state index is 0.923. The fourth-order valence-electron chi connectivity index (χ4n) is 2.38. The van der Waals surface area contributed by atoms with Crippen molar-refractivity contribution in [3.05, 3.63) is 35.9 Å². The molecular formula is C16H24N2O. The van der Waals surface area contributed by atoms with Gasteiger partial charge in [-0.1, -0.05) is 18.2 Å². The van der Waals surface area contributed by atoms with Crippen LogP contribution >= 0.6 is 0 Å². The molecule has 3 nitrogen and oxygen atoms in total. The van der Waals surface area contributed by atoms with Gasteiger partial charge < -0.3 is 15.0 Å². The number of allylic oxidation sites excluding steroid dienone is 1. The Morgan fingerprint density at radius 2 is 2.16 bits per heavy atom. The molecule has 0 saturated carbocycles. The van der Waals surface area contributed by atoms with Gasteiger partial charge in [-0.3, -0.25) is 0 Å². The van der Waals surface area contributed by atoms with Crippen LogP contribution in [-0.2, 0) is 0 Å². The van der Waals surface area contributed by atoms with Crippen LogP contribution in [-0.4, -0.2) is 44.7 Å². The van der Waals surface area contributed by atoms with Gasteiger partial charge in [0.05, 0.1) is 7.11 Å². The van der Waals surface area contributed by atoms with E-state index in [2.05, 4.69) is 35.3 Å². The van der Waals surface area contributed by atoms with Gasteiger partial charge in [0.2, 0.25) is 0 Å². The Hall–Kier alpha value is -1.32. The van der Waals surface area contributed by atoms with E-state index in [0.717, 1.165) is 31.8 Å². The van der Waals surface area contributed by atoms with E-state index < -0.39 is 0 Å². The molecule has 0 atom stereocenters. The fraction of sp³-hybridized carbons (Fsp3) is 0.500. The summed E-state index contributed by atoms with van der Waals surface area (Å²) in [7, 11) is 1.71. The Kier molecular flexibility index (Phi) is 5.43. The Labute approximate surface area is 116 Å². The summed E-state index contributed by atoms with van der Waals surface area (Å²) >= 11 is 0. The van der Waals surface area contributed by atoms with E-state index in [1.165, 1.54) is 24.2 Å². The van der Waals surface area contributed by atoms with Gasteiger partial charge in [0.15, 0.2) is 0 Å². The van der Waals surface area contributed by atoms with Crippen LogP contribution in [0.15, 0.2) is 30.3 Å². The van der Waals surface area contributed by atoms with Crippen molar-refractivity contribution in [2.24, 2.45) is 0 Å². The summed E-state index contributed by atoms with van der Waals surface area (Å²) in [5, 5.41) is 3.38. The molecule has 1 N–H and O–H groups in total. The summed E-state index contributed by atoms with van der Waals surface area (Å²) in [5.74, 6) is 0.923. The van der Waals surface area contributed by atoms with E-state index in [0.29, 0.717) is 0 Å². The van der Waals surface area contributed by atoms with E-state index in [1.54, 1.807) is 7.11 Å². The number of nitrogens with one attached hydrogen (secondary N) is 1. The lowest BCUT2D eigenvalue weighted by Gasteiger charge is -2.26. The second kappa shape index (κ2) is 7.31. The highest BCUT2D eigenvalue weighted by atomic mass is 16.5. The molecule has 1 aliphatic rings. The van der Waals surface area contributed by atoms with Gasteiger partial charge in [0.25, 0.3) is 0 Å². The Morgan fingerprint density at radius 1 is 1.37 bits per heavy atom. The molecule has 0 unspecified atom stereocenters. The summed E-state index contributed by atoms with van der Waals surface area (Å²) < 4.78 is 5.26. The van der Waals surface area contributed by atoms with Crippen molar-refractivity contribution >= 4 is 5.57 Å². The molecule has 0 aliphatic carbocycles. The Balaban J connectivity index is 1.87. The lowest BCUT2D eigenvalue weighted by molar-refractivity contribution is 0.245. The molecule has 0 radical (unpaired) electrons. The zero-order chi connectivity index (χ0) is 13.5. The summed E-state index contributed by atoms with van der Waals surface area (Å²) in [4.78, 5) is 2.52. The van der Waals surface area contributed by atoms with Gasteiger partial charge in [0.1, 0.15) is 5.75 Å². The van der Waals surface area contributed by atoms with Crippen molar-refractivity contribution in [2.75, 3.05) is 39.8 Å². The zero-order valence-corrected chi connectivity index (χ0v) is 12.0. The van der Waals surface area contributed by atoms with Gasteiger partial charge in [-0.25, -0.2) is 0 Å². The molecular weight excluding hydrogens is 236 g/mol. The monoisotopic (exact) mass is 260 g/mol. The van der Waals surface area contributed by atoms with Crippen LogP contribution < -0.4 is 10.1 Å². The summed E-state index contributed by atoms with van der Waals surface area (Å²) in [6, 6.07) is 8.26. The van der Waals surface area contributed by atoms with E-state index in [-0.39, 0.29) is 0 Å². The predicted molar refractivity (Wildman–Crippen MR) is 80.6 cm³/mol. The largest absolute Gasteiger partial charge is 0.497 e. The van der Waals surface area contributed by atoms with E-state index in [9.17, 15) is 0 Å². The molecule has 1 saturated heterocycles. The number of hydrogen-bond acceptors (Lipinski definition) is 3. The van der Waals surface area contributed by atoms with E-state index in [1.807, 2.05) is 12.1 Å². The standard InChI is InChI=1S/C16H24N2O/c1-14(15-6-3-7-16(13-15)19-2)5-4-10-18-11-8-17-9-12-18/h3,5-7,13,17H,4,8-12H2,1-2H3/b14-5+. The van der Waals surface area contributed by atoms with Gasteiger partial charge in [0, 0.05) is 32.7 Å². The molecule has 1 fully saturated rings. The highest BCUT2D eigenvalue weighted by Gasteiger charge is 2.07. The molecule has 104 valence electrons. The second-order valence-corrected chi connectivity index (χ2v) is 5.00. The topological polar surface area (TPSA) is 24.5 Å². The minimum Gasteiger partial charge on any atom is -0.497 e. The van der Waals surface area contributed by atoms with Gasteiger partial charge in [-0.2, -0.15) is 0 Å². The fourth-order valence-corrected chi connectivity index (χ4v) is 2.38. The maximum absolute atomic E-state index is 5.26. The SMILES string of the molecule is COc1cccc(/C(C)=C/CCN2CCNCC2)c1. The molecule has 1 aliphatic heterocycles.